The number of aromatic nitrogens is 5. The van der Waals surface area contributed by atoms with Gasteiger partial charge in [-0.05, 0) is 69.7 Å². The largest absolute Gasteiger partial charge is 0.436 e. The predicted octanol–water partition coefficient (Wildman–Crippen LogP) is 3.92. The molecule has 3 aliphatic heterocycles. The predicted molar refractivity (Wildman–Crippen MR) is 157 cm³/mol. The summed E-state index contributed by atoms with van der Waals surface area (Å²) in [5, 5.41) is 15.0. The highest BCUT2D eigenvalue weighted by Crippen LogP contribution is 2.36. The van der Waals surface area contributed by atoms with Crippen molar-refractivity contribution in [1.82, 2.24) is 45.6 Å². The zero-order valence-corrected chi connectivity index (χ0v) is 25.1. The van der Waals surface area contributed by atoms with Crippen LogP contribution in [0.3, 0.4) is 0 Å². The number of piperidine rings is 1. The van der Waals surface area contributed by atoms with Gasteiger partial charge in [0.05, 0.1) is 29.9 Å². The number of rotatable bonds is 4. The first kappa shape index (κ1) is 31.7. The number of hydrogen-bond donors (Lipinski definition) is 3. The molecule has 0 aliphatic carbocycles. The quantitative estimate of drug-likeness (QED) is 0.293. The minimum atomic E-state index is -4.65. The summed E-state index contributed by atoms with van der Waals surface area (Å²) in [7, 11) is 0. The van der Waals surface area contributed by atoms with E-state index in [0.717, 1.165) is 47.1 Å². The molecule has 3 fully saturated rings. The number of nitrogens with zero attached hydrogens (tertiary/aromatic N) is 6. The van der Waals surface area contributed by atoms with Gasteiger partial charge >= 0.3 is 12.7 Å². The van der Waals surface area contributed by atoms with Crippen LogP contribution < -0.4 is 21.6 Å². The van der Waals surface area contributed by atoms with E-state index in [1.807, 2.05) is 6.92 Å². The molecule has 6 rings (SSSR count). The monoisotopic (exact) mass is 635 g/mol. The molecule has 10 nitrogen and oxygen atoms in total. The highest BCUT2D eigenvalue weighted by atomic mass is 19.4. The van der Waals surface area contributed by atoms with Gasteiger partial charge in [-0.25, -0.2) is 15.1 Å². The maximum Gasteiger partial charge on any atom is 0.436 e. The summed E-state index contributed by atoms with van der Waals surface area (Å²) < 4.78 is 70.5. The summed E-state index contributed by atoms with van der Waals surface area (Å²) in [5.74, 6) is 0.383. The van der Waals surface area contributed by atoms with Gasteiger partial charge in [-0.15, -0.1) is 5.10 Å². The summed E-state index contributed by atoms with van der Waals surface area (Å²) in [6, 6.07) is 5.55. The third kappa shape index (κ3) is 6.67. The van der Waals surface area contributed by atoms with Gasteiger partial charge in [0.2, 0.25) is 0 Å². The Morgan fingerprint density at radius 1 is 1.04 bits per heavy atom. The van der Waals surface area contributed by atoms with Crippen LogP contribution in [-0.2, 0) is 6.18 Å². The molecule has 3 saturated heterocycles. The highest BCUT2D eigenvalue weighted by Gasteiger charge is 2.45. The van der Waals surface area contributed by atoms with Crippen LogP contribution in [0, 0.1) is 18.8 Å². The number of nitrogens with one attached hydrogen (secondary N) is 3. The molecular formula is C30H38F5N9O. The molecule has 0 amide bonds. The van der Waals surface area contributed by atoms with Crippen molar-refractivity contribution in [3.05, 3.63) is 58.4 Å². The van der Waals surface area contributed by atoms with E-state index in [-0.39, 0.29) is 29.6 Å². The van der Waals surface area contributed by atoms with Crippen LogP contribution in [0.2, 0.25) is 0 Å². The standard InChI is InChI=1S/C30H38F5N9O/c1-17-6-7-25(43-15-26(40-41-43)30(33,34)35)20(10-17)21-12-27(45)42(16-38-21)24-5-3-4-18(2)13-37-23-14-39-44(29(31)32)28(23)22-11-19(24)8-9-36-22/h6-7,10,12,15-16,18-19,22-24,28-29,36-37,39H,3-5,8-9,11,13-14H2,1-2H3/t18-,19?,22?,23?,24+,28?/m1/s1. The second-order valence-electron chi connectivity index (χ2n) is 12.6. The Balaban J connectivity index is 1.33. The minimum absolute atomic E-state index is 0.0579. The molecule has 2 aromatic heterocycles. The molecule has 0 radical (unpaired) electrons. The van der Waals surface area contributed by atoms with E-state index >= 15 is 0 Å². The molecular weight excluding hydrogens is 597 g/mol. The van der Waals surface area contributed by atoms with Crippen LogP contribution >= 0.6 is 0 Å². The van der Waals surface area contributed by atoms with Crippen molar-refractivity contribution >= 4 is 0 Å². The van der Waals surface area contributed by atoms with Crippen LogP contribution in [0.1, 0.15) is 56.3 Å². The lowest BCUT2D eigenvalue weighted by Crippen LogP contribution is -2.60. The first-order valence-corrected chi connectivity index (χ1v) is 15.5. The zero-order chi connectivity index (χ0) is 31.9. The Kier molecular flexibility index (Phi) is 9.05. The van der Waals surface area contributed by atoms with E-state index in [2.05, 4.69) is 38.3 Å². The molecule has 3 aromatic rings. The number of benzene rings is 1. The lowest BCUT2D eigenvalue weighted by Gasteiger charge is -2.42. The third-order valence-electron chi connectivity index (χ3n) is 9.45. The fourth-order valence-corrected chi connectivity index (χ4v) is 7.19. The number of fused-ring (bicyclic) bond motifs is 4. The van der Waals surface area contributed by atoms with E-state index < -0.39 is 24.5 Å². The average molecular weight is 636 g/mol. The normalized spacial score (nSPS) is 28.4. The zero-order valence-electron chi connectivity index (χ0n) is 25.1. The summed E-state index contributed by atoms with van der Waals surface area (Å²) >= 11 is 0. The lowest BCUT2D eigenvalue weighted by molar-refractivity contribution is -0.141. The lowest BCUT2D eigenvalue weighted by atomic mass is 9.80. The molecule has 0 saturated carbocycles. The summed E-state index contributed by atoms with van der Waals surface area (Å²) in [6.07, 6.45) is 1.65. The van der Waals surface area contributed by atoms with Gasteiger partial charge in [0.15, 0.2) is 5.69 Å². The smallest absolute Gasteiger partial charge is 0.312 e. The Morgan fingerprint density at radius 2 is 1.87 bits per heavy atom. The van der Waals surface area contributed by atoms with E-state index in [0.29, 0.717) is 48.9 Å². The molecule has 0 spiro atoms. The number of aryl methyl sites for hydroxylation is 1. The Morgan fingerprint density at radius 3 is 2.60 bits per heavy atom. The summed E-state index contributed by atoms with van der Waals surface area (Å²) in [4.78, 5) is 18.4. The second kappa shape index (κ2) is 12.9. The SMILES string of the molecule is Cc1ccc(-n2cc(C(F)(F)F)nn2)c(-c2cc(=O)n([C@H]3CCC[C@@H](C)CNC4CNN(C(F)F)C4C4CC3CCN4)cn2)c1. The maximum atomic E-state index is 14.1. The van der Waals surface area contributed by atoms with Crippen molar-refractivity contribution in [1.29, 1.82) is 0 Å². The number of hydrogen-bond acceptors (Lipinski definition) is 8. The molecule has 244 valence electrons. The molecule has 5 heterocycles. The van der Waals surface area contributed by atoms with Crippen molar-refractivity contribution in [2.75, 3.05) is 19.6 Å². The van der Waals surface area contributed by atoms with Crippen molar-refractivity contribution in [2.24, 2.45) is 11.8 Å². The summed E-state index contributed by atoms with van der Waals surface area (Å²) in [5.41, 5.74) is 3.39. The number of halogens is 5. The Labute approximate surface area is 257 Å². The van der Waals surface area contributed by atoms with Crippen LogP contribution in [0.4, 0.5) is 22.0 Å². The fourth-order valence-electron chi connectivity index (χ4n) is 7.19. The minimum Gasteiger partial charge on any atom is -0.312 e. The van der Waals surface area contributed by atoms with Crippen molar-refractivity contribution in [2.45, 2.75) is 82.8 Å². The van der Waals surface area contributed by atoms with E-state index in [4.69, 9.17) is 0 Å². The first-order chi connectivity index (χ1) is 21.5. The Hall–Kier alpha value is -3.27. The molecule has 15 heteroatoms. The maximum absolute atomic E-state index is 14.1. The number of hydrazine groups is 1. The van der Waals surface area contributed by atoms with Crippen LogP contribution in [0.5, 0.6) is 0 Å². The van der Waals surface area contributed by atoms with Gasteiger partial charge in [-0.3, -0.25) is 9.36 Å². The summed E-state index contributed by atoms with van der Waals surface area (Å²) in [6.45, 7) is 3.12. The average Bonchev–Trinajstić information content (AvgIpc) is 3.67. The highest BCUT2D eigenvalue weighted by molar-refractivity contribution is 5.70. The van der Waals surface area contributed by atoms with Gasteiger partial charge in [0, 0.05) is 36.3 Å². The Bertz CT molecular complexity index is 1540. The van der Waals surface area contributed by atoms with Gasteiger partial charge < -0.3 is 10.6 Å². The topological polar surface area (TPSA) is 105 Å². The second-order valence-corrected chi connectivity index (χ2v) is 12.6. The molecule has 45 heavy (non-hydrogen) atoms. The molecule has 3 N–H and O–H groups in total. The van der Waals surface area contributed by atoms with E-state index in [9.17, 15) is 26.7 Å². The van der Waals surface area contributed by atoms with E-state index in [1.54, 1.807) is 22.8 Å². The van der Waals surface area contributed by atoms with Crippen molar-refractivity contribution in [3.63, 3.8) is 0 Å². The van der Waals surface area contributed by atoms with Crippen LogP contribution in [-0.4, -0.2) is 73.9 Å². The van der Waals surface area contributed by atoms with Crippen LogP contribution in [0.25, 0.3) is 16.9 Å². The first-order valence-electron chi connectivity index (χ1n) is 15.5. The third-order valence-corrected chi connectivity index (χ3v) is 9.45. The molecule has 2 bridgehead atoms. The van der Waals surface area contributed by atoms with Gasteiger partial charge in [0.1, 0.15) is 0 Å². The number of alkyl halides is 5. The molecule has 3 aliphatic rings. The van der Waals surface area contributed by atoms with Gasteiger partial charge in [0.25, 0.3) is 5.56 Å². The van der Waals surface area contributed by atoms with Crippen LogP contribution in [0.15, 0.2) is 41.6 Å². The fraction of sp³-hybridized carbons (Fsp3) is 0.600. The van der Waals surface area contributed by atoms with Gasteiger partial charge in [-0.2, -0.15) is 27.0 Å². The van der Waals surface area contributed by atoms with Crippen molar-refractivity contribution < 1.29 is 22.0 Å². The molecule has 1 aromatic carbocycles. The molecule has 6 atom stereocenters. The molecule has 4 unspecified atom stereocenters. The van der Waals surface area contributed by atoms with Crippen molar-refractivity contribution in [3.8, 4) is 16.9 Å². The van der Waals surface area contributed by atoms with Gasteiger partial charge in [-0.1, -0.05) is 30.2 Å². The van der Waals surface area contributed by atoms with E-state index in [1.165, 1.54) is 12.4 Å².